The molecule has 0 aliphatic carbocycles. The van der Waals surface area contributed by atoms with Crippen LogP contribution in [0.5, 0.6) is 0 Å². The van der Waals surface area contributed by atoms with Crippen LogP contribution in [0.4, 0.5) is 0 Å². The molecule has 0 fully saturated rings. The summed E-state index contributed by atoms with van der Waals surface area (Å²) in [7, 11) is 1.62. The zero-order chi connectivity index (χ0) is 10.5. The summed E-state index contributed by atoms with van der Waals surface area (Å²) in [5, 5.41) is 9.83. The standard InChI is InChI=1S/C11H13NO2/c1-6-4-5-7(2)9-8(6)10(13)12(3)11(9)14/h4-5,10,13H,1-3H3/t10-/m1/s1. The third kappa shape index (κ3) is 0.990. The van der Waals surface area contributed by atoms with Crippen LogP contribution in [0.2, 0.25) is 0 Å². The van der Waals surface area contributed by atoms with Gasteiger partial charge >= 0.3 is 0 Å². The highest BCUT2D eigenvalue weighted by Gasteiger charge is 2.34. The molecule has 0 bridgehead atoms. The molecule has 1 N–H and O–H groups in total. The maximum absolute atomic E-state index is 11.7. The van der Waals surface area contributed by atoms with Gasteiger partial charge in [0, 0.05) is 12.6 Å². The molecule has 1 aromatic carbocycles. The number of carbonyl (C=O) groups is 1. The Hall–Kier alpha value is -1.35. The molecule has 0 spiro atoms. The van der Waals surface area contributed by atoms with Crippen molar-refractivity contribution >= 4 is 5.91 Å². The first-order valence-corrected chi connectivity index (χ1v) is 4.59. The van der Waals surface area contributed by atoms with E-state index >= 15 is 0 Å². The van der Waals surface area contributed by atoms with E-state index in [4.69, 9.17) is 0 Å². The van der Waals surface area contributed by atoms with E-state index in [1.165, 1.54) is 4.90 Å². The van der Waals surface area contributed by atoms with Crippen molar-refractivity contribution in [3.05, 3.63) is 34.4 Å². The minimum absolute atomic E-state index is 0.0892. The summed E-state index contributed by atoms with van der Waals surface area (Å²) < 4.78 is 0. The molecular formula is C11H13NO2. The highest BCUT2D eigenvalue weighted by Crippen LogP contribution is 2.34. The summed E-state index contributed by atoms with van der Waals surface area (Å²) in [6.45, 7) is 3.80. The van der Waals surface area contributed by atoms with E-state index in [-0.39, 0.29) is 5.91 Å². The molecule has 3 heteroatoms. The number of aryl methyl sites for hydroxylation is 2. The molecule has 3 nitrogen and oxygen atoms in total. The first-order chi connectivity index (χ1) is 6.54. The summed E-state index contributed by atoms with van der Waals surface area (Å²) in [5.41, 5.74) is 3.33. The van der Waals surface area contributed by atoms with Gasteiger partial charge in [-0.05, 0) is 25.0 Å². The molecule has 0 unspecified atom stereocenters. The number of hydrogen-bond acceptors (Lipinski definition) is 2. The number of hydrogen-bond donors (Lipinski definition) is 1. The van der Waals surface area contributed by atoms with Gasteiger partial charge in [-0.25, -0.2) is 0 Å². The number of rotatable bonds is 0. The number of aliphatic hydroxyl groups is 1. The van der Waals surface area contributed by atoms with Gasteiger partial charge in [-0.2, -0.15) is 0 Å². The number of aliphatic hydroxyl groups excluding tert-OH is 1. The summed E-state index contributed by atoms with van der Waals surface area (Å²) in [6.07, 6.45) is -0.780. The Balaban J connectivity index is 2.74. The Kier molecular flexibility index (Phi) is 1.86. The third-order valence-electron chi connectivity index (χ3n) is 2.83. The fourth-order valence-electron chi connectivity index (χ4n) is 1.93. The third-order valence-corrected chi connectivity index (χ3v) is 2.83. The average molecular weight is 191 g/mol. The first-order valence-electron chi connectivity index (χ1n) is 4.59. The van der Waals surface area contributed by atoms with Gasteiger partial charge in [-0.3, -0.25) is 4.79 Å². The van der Waals surface area contributed by atoms with Gasteiger partial charge in [-0.15, -0.1) is 0 Å². The second-order valence-corrected chi connectivity index (χ2v) is 3.78. The van der Waals surface area contributed by atoms with E-state index < -0.39 is 6.23 Å². The van der Waals surface area contributed by atoms with Crippen molar-refractivity contribution in [3.63, 3.8) is 0 Å². The zero-order valence-corrected chi connectivity index (χ0v) is 8.53. The fraction of sp³-hybridized carbons (Fsp3) is 0.364. The molecule has 0 radical (unpaired) electrons. The van der Waals surface area contributed by atoms with Gasteiger partial charge in [-0.1, -0.05) is 12.1 Å². The molecule has 0 saturated carbocycles. The lowest BCUT2D eigenvalue weighted by Crippen LogP contribution is -2.22. The molecule has 14 heavy (non-hydrogen) atoms. The molecule has 1 aliphatic heterocycles. The average Bonchev–Trinajstić information content (AvgIpc) is 2.38. The Labute approximate surface area is 83.0 Å². The lowest BCUT2D eigenvalue weighted by Gasteiger charge is -2.14. The highest BCUT2D eigenvalue weighted by atomic mass is 16.3. The minimum atomic E-state index is -0.780. The highest BCUT2D eigenvalue weighted by molar-refractivity contribution is 6.00. The van der Waals surface area contributed by atoms with Crippen molar-refractivity contribution in [2.45, 2.75) is 20.1 Å². The molecule has 1 aromatic rings. The Morgan fingerprint density at radius 1 is 1.29 bits per heavy atom. The maximum Gasteiger partial charge on any atom is 0.256 e. The largest absolute Gasteiger partial charge is 0.369 e. The van der Waals surface area contributed by atoms with Crippen molar-refractivity contribution in [2.75, 3.05) is 7.05 Å². The predicted molar refractivity (Wildman–Crippen MR) is 53.0 cm³/mol. The van der Waals surface area contributed by atoms with Gasteiger partial charge in [0.15, 0.2) is 6.23 Å². The van der Waals surface area contributed by atoms with Crippen LogP contribution in [0.15, 0.2) is 12.1 Å². The van der Waals surface area contributed by atoms with Crippen LogP contribution in [-0.4, -0.2) is 23.0 Å². The lowest BCUT2D eigenvalue weighted by molar-refractivity contribution is 0.0299. The summed E-state index contributed by atoms with van der Waals surface area (Å²) >= 11 is 0. The predicted octanol–water partition coefficient (Wildman–Crippen LogP) is 1.38. The number of nitrogens with zero attached hydrogens (tertiary/aromatic N) is 1. The second kappa shape index (κ2) is 2.82. The van der Waals surface area contributed by atoms with Crippen LogP contribution < -0.4 is 0 Å². The van der Waals surface area contributed by atoms with E-state index in [9.17, 15) is 9.90 Å². The SMILES string of the molecule is Cc1ccc(C)c2c1C(=O)N(C)[C@@H]2O. The van der Waals surface area contributed by atoms with Crippen LogP contribution in [0.3, 0.4) is 0 Å². The smallest absolute Gasteiger partial charge is 0.256 e. The van der Waals surface area contributed by atoms with Gasteiger partial charge in [0.2, 0.25) is 0 Å². The number of amides is 1. The van der Waals surface area contributed by atoms with Gasteiger partial charge in [0.25, 0.3) is 5.91 Å². The lowest BCUT2D eigenvalue weighted by atomic mass is 9.99. The molecule has 74 valence electrons. The van der Waals surface area contributed by atoms with E-state index in [1.807, 2.05) is 26.0 Å². The summed E-state index contributed by atoms with van der Waals surface area (Å²) in [4.78, 5) is 13.1. The van der Waals surface area contributed by atoms with Gasteiger partial charge < -0.3 is 10.0 Å². The first kappa shape index (κ1) is 9.21. The fourth-order valence-corrected chi connectivity index (χ4v) is 1.93. The van der Waals surface area contributed by atoms with Crippen molar-refractivity contribution in [1.29, 1.82) is 0 Å². The normalized spacial score (nSPS) is 20.1. The number of fused-ring (bicyclic) bond motifs is 1. The van der Waals surface area contributed by atoms with E-state index in [0.717, 1.165) is 16.7 Å². The summed E-state index contributed by atoms with van der Waals surface area (Å²) in [5.74, 6) is -0.0892. The van der Waals surface area contributed by atoms with Crippen LogP contribution in [0, 0.1) is 13.8 Å². The van der Waals surface area contributed by atoms with E-state index in [0.29, 0.717) is 5.56 Å². The molecule has 1 atom stereocenters. The Bertz CT molecular complexity index is 412. The van der Waals surface area contributed by atoms with Crippen molar-refractivity contribution in [1.82, 2.24) is 4.90 Å². The van der Waals surface area contributed by atoms with Crippen LogP contribution in [-0.2, 0) is 0 Å². The second-order valence-electron chi connectivity index (χ2n) is 3.78. The van der Waals surface area contributed by atoms with Crippen molar-refractivity contribution in [2.24, 2.45) is 0 Å². The Morgan fingerprint density at radius 3 is 2.43 bits per heavy atom. The van der Waals surface area contributed by atoms with Crippen molar-refractivity contribution < 1.29 is 9.90 Å². The molecule has 0 aromatic heterocycles. The monoisotopic (exact) mass is 191 g/mol. The van der Waals surface area contributed by atoms with Crippen molar-refractivity contribution in [3.8, 4) is 0 Å². The van der Waals surface area contributed by atoms with Crippen LogP contribution in [0.25, 0.3) is 0 Å². The Morgan fingerprint density at radius 2 is 1.86 bits per heavy atom. The number of carbonyl (C=O) groups excluding carboxylic acids is 1. The molecule has 1 heterocycles. The van der Waals surface area contributed by atoms with Gasteiger partial charge in [0.1, 0.15) is 0 Å². The van der Waals surface area contributed by atoms with Crippen LogP contribution in [0.1, 0.15) is 33.3 Å². The zero-order valence-electron chi connectivity index (χ0n) is 8.53. The topological polar surface area (TPSA) is 40.5 Å². The summed E-state index contributed by atoms with van der Waals surface area (Å²) in [6, 6.07) is 3.85. The maximum atomic E-state index is 11.7. The van der Waals surface area contributed by atoms with E-state index in [2.05, 4.69) is 0 Å². The molecule has 0 saturated heterocycles. The van der Waals surface area contributed by atoms with Gasteiger partial charge in [0.05, 0.1) is 5.56 Å². The number of benzene rings is 1. The van der Waals surface area contributed by atoms with Crippen LogP contribution >= 0.6 is 0 Å². The molecule has 1 aliphatic rings. The quantitative estimate of drug-likeness (QED) is 0.673. The molecule has 1 amide bonds. The molecular weight excluding hydrogens is 178 g/mol. The molecule has 2 rings (SSSR count). The minimum Gasteiger partial charge on any atom is -0.369 e. The van der Waals surface area contributed by atoms with E-state index in [1.54, 1.807) is 7.05 Å².